The van der Waals surface area contributed by atoms with E-state index >= 15 is 0 Å². The fraction of sp³-hybridized carbons (Fsp3) is 0.583. The second-order valence-corrected chi connectivity index (χ2v) is 5.70. The summed E-state index contributed by atoms with van der Waals surface area (Å²) in [5, 5.41) is 6.75. The number of nitrogens with zero attached hydrogens (tertiary/aromatic N) is 3. The van der Waals surface area contributed by atoms with Crippen LogP contribution in [-0.2, 0) is 6.42 Å². The zero-order valence-electron chi connectivity index (χ0n) is 10.9. The van der Waals surface area contributed by atoms with Gasteiger partial charge in [0.25, 0.3) is 5.89 Å². The van der Waals surface area contributed by atoms with Crippen molar-refractivity contribution in [3.8, 4) is 11.6 Å². The van der Waals surface area contributed by atoms with E-state index in [0.717, 1.165) is 29.4 Å². The van der Waals surface area contributed by atoms with Gasteiger partial charge in [-0.2, -0.15) is 4.98 Å². The Morgan fingerprint density at radius 1 is 1.33 bits per heavy atom. The molecule has 2 aromatic heterocycles. The maximum Gasteiger partial charge on any atom is 0.277 e. The maximum atomic E-state index is 5.77. The molecule has 2 N–H and O–H groups in total. The van der Waals surface area contributed by atoms with Crippen LogP contribution >= 0.6 is 11.3 Å². The topological polar surface area (TPSA) is 77.8 Å². The summed E-state index contributed by atoms with van der Waals surface area (Å²) < 4.78 is 5.22. The number of hydrogen-bond donors (Lipinski definition) is 1. The smallest absolute Gasteiger partial charge is 0.277 e. The third kappa shape index (κ3) is 3.14. The molecule has 0 aliphatic heterocycles. The van der Waals surface area contributed by atoms with E-state index in [2.05, 4.69) is 29.0 Å². The number of aryl methyl sites for hydroxylation is 1. The van der Waals surface area contributed by atoms with Crippen molar-refractivity contribution in [3.63, 3.8) is 0 Å². The van der Waals surface area contributed by atoms with E-state index in [1.165, 1.54) is 11.3 Å². The van der Waals surface area contributed by atoms with Gasteiger partial charge in [-0.05, 0) is 19.3 Å². The van der Waals surface area contributed by atoms with Gasteiger partial charge in [0, 0.05) is 11.8 Å². The second-order valence-electron chi connectivity index (χ2n) is 4.81. The first-order valence-electron chi connectivity index (χ1n) is 6.10. The molecular weight excluding hydrogens is 248 g/mol. The first kappa shape index (κ1) is 13.2. The Kier molecular flexibility index (Phi) is 4.08. The summed E-state index contributed by atoms with van der Waals surface area (Å²) in [5.41, 5.74) is 6.49. The molecule has 0 aliphatic carbocycles. The third-order valence-electron chi connectivity index (χ3n) is 2.54. The van der Waals surface area contributed by atoms with Crippen LogP contribution < -0.4 is 5.73 Å². The predicted molar refractivity (Wildman–Crippen MR) is 71.2 cm³/mol. The van der Waals surface area contributed by atoms with Gasteiger partial charge in [-0.1, -0.05) is 19.0 Å². The molecule has 98 valence electrons. The lowest BCUT2D eigenvalue weighted by Crippen LogP contribution is -2.03. The van der Waals surface area contributed by atoms with E-state index in [-0.39, 0.29) is 6.04 Å². The first-order chi connectivity index (χ1) is 8.56. The van der Waals surface area contributed by atoms with E-state index in [1.807, 2.05) is 12.3 Å². The molecule has 0 spiro atoms. The molecule has 6 heteroatoms. The van der Waals surface area contributed by atoms with Crippen molar-refractivity contribution in [2.24, 2.45) is 11.7 Å². The van der Waals surface area contributed by atoms with Crippen molar-refractivity contribution >= 4 is 11.3 Å². The SMILES string of the molecule is CC(C)CCc1noc(-c2csc(C(C)N)n2)n1. The normalized spacial score (nSPS) is 13.2. The van der Waals surface area contributed by atoms with Gasteiger partial charge in [-0.25, -0.2) is 4.98 Å². The Morgan fingerprint density at radius 2 is 2.11 bits per heavy atom. The van der Waals surface area contributed by atoms with Crippen molar-refractivity contribution in [1.29, 1.82) is 0 Å². The zero-order chi connectivity index (χ0) is 13.1. The molecule has 0 aromatic carbocycles. The Labute approximate surface area is 110 Å². The minimum atomic E-state index is -0.0629. The molecule has 2 heterocycles. The highest BCUT2D eigenvalue weighted by Gasteiger charge is 2.14. The first-order valence-corrected chi connectivity index (χ1v) is 6.98. The molecular formula is C12H18N4OS. The lowest BCUT2D eigenvalue weighted by molar-refractivity contribution is 0.418. The maximum absolute atomic E-state index is 5.77. The molecule has 0 saturated carbocycles. The van der Waals surface area contributed by atoms with Gasteiger partial charge in [0.15, 0.2) is 5.82 Å². The molecule has 0 fully saturated rings. The Hall–Kier alpha value is -1.27. The minimum Gasteiger partial charge on any atom is -0.332 e. The van der Waals surface area contributed by atoms with Gasteiger partial charge in [-0.15, -0.1) is 11.3 Å². The predicted octanol–water partition coefficient (Wildman–Crippen LogP) is 2.80. The lowest BCUT2D eigenvalue weighted by Gasteiger charge is -1.98. The Balaban J connectivity index is 2.08. The number of thiazole rings is 1. The van der Waals surface area contributed by atoms with Crippen LogP contribution in [0, 0.1) is 5.92 Å². The van der Waals surface area contributed by atoms with Gasteiger partial charge >= 0.3 is 0 Å². The van der Waals surface area contributed by atoms with Crippen molar-refractivity contribution in [2.45, 2.75) is 39.7 Å². The molecule has 1 atom stereocenters. The van der Waals surface area contributed by atoms with Gasteiger partial charge in [0.05, 0.1) is 6.04 Å². The summed E-state index contributed by atoms with van der Waals surface area (Å²) in [5.74, 6) is 1.86. The quantitative estimate of drug-likeness (QED) is 0.900. The molecule has 2 rings (SSSR count). The van der Waals surface area contributed by atoms with E-state index < -0.39 is 0 Å². The fourth-order valence-electron chi connectivity index (χ4n) is 1.47. The second kappa shape index (κ2) is 5.58. The van der Waals surface area contributed by atoms with Crippen molar-refractivity contribution in [3.05, 3.63) is 16.2 Å². The minimum absolute atomic E-state index is 0.0629. The summed E-state index contributed by atoms with van der Waals surface area (Å²) in [6.07, 6.45) is 1.90. The summed E-state index contributed by atoms with van der Waals surface area (Å²) in [6, 6.07) is -0.0629. The number of hydrogen-bond acceptors (Lipinski definition) is 6. The van der Waals surface area contributed by atoms with Gasteiger partial charge in [-0.3, -0.25) is 0 Å². The van der Waals surface area contributed by atoms with E-state index in [1.54, 1.807) is 0 Å². The highest BCUT2D eigenvalue weighted by Crippen LogP contribution is 2.23. The summed E-state index contributed by atoms with van der Waals surface area (Å²) in [6.45, 7) is 6.26. The van der Waals surface area contributed by atoms with Crippen molar-refractivity contribution in [2.75, 3.05) is 0 Å². The number of nitrogens with two attached hydrogens (primary N) is 1. The van der Waals surface area contributed by atoms with E-state index in [4.69, 9.17) is 10.3 Å². The molecule has 0 saturated heterocycles. The Morgan fingerprint density at radius 3 is 2.72 bits per heavy atom. The molecule has 5 nitrogen and oxygen atoms in total. The number of aromatic nitrogens is 3. The van der Waals surface area contributed by atoms with Crippen LogP contribution in [0.2, 0.25) is 0 Å². The van der Waals surface area contributed by atoms with E-state index in [9.17, 15) is 0 Å². The highest BCUT2D eigenvalue weighted by molar-refractivity contribution is 7.10. The van der Waals surface area contributed by atoms with Crippen molar-refractivity contribution < 1.29 is 4.52 Å². The van der Waals surface area contributed by atoms with Crippen LogP contribution in [0.3, 0.4) is 0 Å². The van der Waals surface area contributed by atoms with Crippen LogP contribution in [-0.4, -0.2) is 15.1 Å². The third-order valence-corrected chi connectivity index (χ3v) is 3.59. The molecule has 0 aliphatic rings. The van der Waals surface area contributed by atoms with Crippen LogP contribution in [0.4, 0.5) is 0 Å². The fourth-order valence-corrected chi connectivity index (χ4v) is 2.22. The summed E-state index contributed by atoms with van der Waals surface area (Å²) >= 11 is 1.52. The molecule has 18 heavy (non-hydrogen) atoms. The van der Waals surface area contributed by atoms with Crippen LogP contribution in [0.15, 0.2) is 9.90 Å². The summed E-state index contributed by atoms with van der Waals surface area (Å²) in [7, 11) is 0. The van der Waals surface area contributed by atoms with Crippen LogP contribution in [0.25, 0.3) is 11.6 Å². The van der Waals surface area contributed by atoms with Gasteiger partial charge in [0.2, 0.25) is 0 Å². The lowest BCUT2D eigenvalue weighted by atomic mass is 10.1. The molecule has 1 unspecified atom stereocenters. The Bertz CT molecular complexity index is 504. The molecule has 2 aromatic rings. The van der Waals surface area contributed by atoms with Crippen LogP contribution in [0.5, 0.6) is 0 Å². The zero-order valence-corrected chi connectivity index (χ0v) is 11.7. The van der Waals surface area contributed by atoms with E-state index in [0.29, 0.717) is 11.8 Å². The van der Waals surface area contributed by atoms with Crippen molar-refractivity contribution in [1.82, 2.24) is 15.1 Å². The molecule has 0 bridgehead atoms. The average molecular weight is 266 g/mol. The monoisotopic (exact) mass is 266 g/mol. The summed E-state index contributed by atoms with van der Waals surface area (Å²) in [4.78, 5) is 8.74. The standard InChI is InChI=1S/C12H18N4OS/c1-7(2)4-5-10-15-11(17-16-10)9-6-18-12(14-9)8(3)13/h6-8H,4-5,13H2,1-3H3. The highest BCUT2D eigenvalue weighted by atomic mass is 32.1. The van der Waals surface area contributed by atoms with Gasteiger partial charge < -0.3 is 10.3 Å². The van der Waals surface area contributed by atoms with Crippen LogP contribution in [0.1, 0.15) is 44.1 Å². The average Bonchev–Trinajstić information content (AvgIpc) is 2.95. The molecule has 0 amide bonds. The number of rotatable bonds is 5. The largest absolute Gasteiger partial charge is 0.332 e. The van der Waals surface area contributed by atoms with Gasteiger partial charge in [0.1, 0.15) is 10.7 Å². The molecule has 0 radical (unpaired) electrons.